The molecule has 4 nitrogen and oxygen atoms in total. The van der Waals surface area contributed by atoms with Crippen molar-refractivity contribution in [2.24, 2.45) is 0 Å². The molecule has 0 spiro atoms. The number of nitrogens with one attached hydrogen (secondary N) is 1. The van der Waals surface area contributed by atoms with Crippen LogP contribution >= 0.6 is 0 Å². The molecule has 1 N–H and O–H groups in total. The lowest BCUT2D eigenvalue weighted by molar-refractivity contribution is 0.257. The lowest BCUT2D eigenvalue weighted by atomic mass is 10.1. The van der Waals surface area contributed by atoms with Crippen molar-refractivity contribution in [3.8, 4) is 5.75 Å². The Morgan fingerprint density at radius 3 is 2.41 bits per heavy atom. The smallest absolute Gasteiger partial charge is 0.326 e. The fraction of sp³-hybridized carbons (Fsp3) is 0.125. The Hall–Kier alpha value is -3.60. The van der Waals surface area contributed by atoms with Gasteiger partial charge in [0.05, 0.1) is 7.11 Å². The summed E-state index contributed by atoms with van der Waals surface area (Å²) < 4.78 is 18.7. The Labute approximate surface area is 170 Å². The van der Waals surface area contributed by atoms with E-state index in [9.17, 15) is 9.18 Å². The van der Waals surface area contributed by atoms with E-state index < -0.39 is 5.82 Å². The number of rotatable bonds is 6. The van der Waals surface area contributed by atoms with E-state index in [2.05, 4.69) is 5.32 Å². The van der Waals surface area contributed by atoms with Crippen LogP contribution in [0.2, 0.25) is 0 Å². The van der Waals surface area contributed by atoms with Crippen LogP contribution in [-0.2, 0) is 0 Å². The third-order valence-corrected chi connectivity index (χ3v) is 4.33. The SMILES string of the molecule is COc1ccc(N(C/C(C)=C/c2ccccc2)C(=O)Nc2cccc(F)c2)cc1. The summed E-state index contributed by atoms with van der Waals surface area (Å²) in [5, 5.41) is 2.77. The third-order valence-electron chi connectivity index (χ3n) is 4.33. The first-order valence-electron chi connectivity index (χ1n) is 9.25. The Morgan fingerprint density at radius 1 is 1.03 bits per heavy atom. The molecule has 0 atom stereocenters. The zero-order valence-corrected chi connectivity index (χ0v) is 16.4. The first-order chi connectivity index (χ1) is 14.0. The van der Waals surface area contributed by atoms with Crippen LogP contribution in [0.4, 0.5) is 20.6 Å². The summed E-state index contributed by atoms with van der Waals surface area (Å²) in [5.74, 6) is 0.301. The highest BCUT2D eigenvalue weighted by Crippen LogP contribution is 2.22. The van der Waals surface area contributed by atoms with Gasteiger partial charge in [-0.05, 0) is 55.0 Å². The van der Waals surface area contributed by atoms with Crippen molar-refractivity contribution in [2.75, 3.05) is 23.9 Å². The molecule has 0 radical (unpaired) electrons. The molecule has 0 aliphatic carbocycles. The molecule has 0 saturated carbocycles. The molecule has 0 aliphatic heterocycles. The maximum Gasteiger partial charge on any atom is 0.326 e. The van der Waals surface area contributed by atoms with E-state index in [1.807, 2.05) is 55.5 Å². The maximum atomic E-state index is 13.5. The van der Waals surface area contributed by atoms with E-state index in [1.54, 1.807) is 36.3 Å². The molecular formula is C24H23FN2O2. The number of ether oxygens (including phenoxy) is 1. The second-order valence-electron chi connectivity index (χ2n) is 6.63. The molecule has 0 heterocycles. The minimum atomic E-state index is -0.404. The second kappa shape index (κ2) is 9.55. The molecule has 0 saturated heterocycles. The van der Waals surface area contributed by atoms with E-state index in [0.29, 0.717) is 23.7 Å². The molecule has 148 valence electrons. The minimum absolute atomic E-state index is 0.346. The average Bonchev–Trinajstić information content (AvgIpc) is 2.73. The third kappa shape index (κ3) is 5.69. The fourth-order valence-electron chi connectivity index (χ4n) is 2.93. The summed E-state index contributed by atoms with van der Waals surface area (Å²) in [7, 11) is 1.59. The van der Waals surface area contributed by atoms with Gasteiger partial charge in [0, 0.05) is 17.9 Å². The van der Waals surface area contributed by atoms with Gasteiger partial charge in [-0.3, -0.25) is 4.90 Å². The molecule has 0 unspecified atom stereocenters. The van der Waals surface area contributed by atoms with Crippen molar-refractivity contribution in [2.45, 2.75) is 6.92 Å². The molecule has 0 aliphatic rings. The molecule has 0 aromatic heterocycles. The second-order valence-corrected chi connectivity index (χ2v) is 6.63. The average molecular weight is 390 g/mol. The van der Waals surface area contributed by atoms with E-state index >= 15 is 0 Å². The topological polar surface area (TPSA) is 41.6 Å². The number of hydrogen-bond donors (Lipinski definition) is 1. The molecule has 3 aromatic carbocycles. The number of anilines is 2. The highest BCUT2D eigenvalue weighted by atomic mass is 19.1. The predicted molar refractivity (Wildman–Crippen MR) is 116 cm³/mol. The zero-order chi connectivity index (χ0) is 20.6. The molecule has 0 bridgehead atoms. The Balaban J connectivity index is 1.86. The Bertz CT molecular complexity index is 985. The Morgan fingerprint density at radius 2 is 1.76 bits per heavy atom. The molecule has 0 fully saturated rings. The highest BCUT2D eigenvalue weighted by molar-refractivity contribution is 6.02. The Kier molecular flexibility index (Phi) is 6.63. The lowest BCUT2D eigenvalue weighted by Gasteiger charge is -2.24. The van der Waals surface area contributed by atoms with Gasteiger partial charge in [0.1, 0.15) is 11.6 Å². The number of methoxy groups -OCH3 is 1. The fourth-order valence-corrected chi connectivity index (χ4v) is 2.93. The molecule has 2 amide bonds. The van der Waals surface area contributed by atoms with Crippen molar-refractivity contribution in [3.05, 3.63) is 95.8 Å². The molecule has 5 heteroatoms. The molecule has 3 rings (SSSR count). The standard InChI is InChI=1S/C24H23FN2O2/c1-18(15-19-7-4-3-5-8-19)17-27(22-11-13-23(29-2)14-12-22)24(28)26-21-10-6-9-20(25)16-21/h3-16H,17H2,1-2H3,(H,26,28)/b18-15+. The van der Waals surface area contributed by atoms with Crippen molar-refractivity contribution in [1.29, 1.82) is 0 Å². The van der Waals surface area contributed by atoms with Crippen molar-refractivity contribution in [3.63, 3.8) is 0 Å². The number of amides is 2. The maximum absolute atomic E-state index is 13.5. The summed E-state index contributed by atoms with van der Waals surface area (Å²) in [6.07, 6.45) is 2.03. The zero-order valence-electron chi connectivity index (χ0n) is 16.4. The molecule has 3 aromatic rings. The summed E-state index contributed by atoms with van der Waals surface area (Å²) in [4.78, 5) is 14.6. The summed E-state index contributed by atoms with van der Waals surface area (Å²) in [6.45, 7) is 2.35. The van der Waals surface area contributed by atoms with E-state index in [0.717, 1.165) is 11.1 Å². The van der Waals surface area contributed by atoms with Gasteiger partial charge in [0.25, 0.3) is 0 Å². The number of hydrogen-bond acceptors (Lipinski definition) is 2. The first-order valence-corrected chi connectivity index (χ1v) is 9.25. The number of urea groups is 1. The van der Waals surface area contributed by atoms with Crippen LogP contribution in [-0.4, -0.2) is 19.7 Å². The van der Waals surface area contributed by atoms with E-state index in [-0.39, 0.29) is 6.03 Å². The van der Waals surface area contributed by atoms with Gasteiger partial charge < -0.3 is 10.1 Å². The number of carbonyl (C=O) groups is 1. The summed E-state index contributed by atoms with van der Waals surface area (Å²) in [6, 6.07) is 22.6. The van der Waals surface area contributed by atoms with Gasteiger partial charge in [0.15, 0.2) is 0 Å². The summed E-state index contributed by atoms with van der Waals surface area (Å²) >= 11 is 0. The van der Waals surface area contributed by atoms with Crippen LogP contribution in [0.1, 0.15) is 12.5 Å². The monoisotopic (exact) mass is 390 g/mol. The first kappa shape index (κ1) is 20.1. The predicted octanol–water partition coefficient (Wildman–Crippen LogP) is 5.98. The van der Waals surface area contributed by atoms with Crippen LogP contribution in [0.3, 0.4) is 0 Å². The van der Waals surface area contributed by atoms with Crippen LogP contribution in [0.5, 0.6) is 5.75 Å². The van der Waals surface area contributed by atoms with Crippen LogP contribution in [0.15, 0.2) is 84.4 Å². The van der Waals surface area contributed by atoms with Crippen molar-refractivity contribution < 1.29 is 13.9 Å². The number of carbonyl (C=O) groups excluding carboxylic acids is 1. The molecular weight excluding hydrogens is 367 g/mol. The largest absolute Gasteiger partial charge is 0.497 e. The normalized spacial score (nSPS) is 11.1. The van der Waals surface area contributed by atoms with Gasteiger partial charge in [-0.25, -0.2) is 9.18 Å². The van der Waals surface area contributed by atoms with Crippen LogP contribution in [0.25, 0.3) is 6.08 Å². The van der Waals surface area contributed by atoms with Crippen molar-refractivity contribution >= 4 is 23.5 Å². The number of nitrogens with zero attached hydrogens (tertiary/aromatic N) is 1. The number of benzene rings is 3. The van der Waals surface area contributed by atoms with Crippen LogP contribution in [0, 0.1) is 5.82 Å². The quantitative estimate of drug-likeness (QED) is 0.563. The minimum Gasteiger partial charge on any atom is -0.497 e. The van der Waals surface area contributed by atoms with Gasteiger partial charge in [-0.2, -0.15) is 0 Å². The van der Waals surface area contributed by atoms with Gasteiger partial charge in [-0.15, -0.1) is 0 Å². The van der Waals surface area contributed by atoms with Crippen LogP contribution < -0.4 is 15.0 Å². The lowest BCUT2D eigenvalue weighted by Crippen LogP contribution is -2.36. The van der Waals surface area contributed by atoms with Gasteiger partial charge in [-0.1, -0.05) is 48.0 Å². The number of halogens is 1. The van der Waals surface area contributed by atoms with Crippen molar-refractivity contribution in [1.82, 2.24) is 0 Å². The van der Waals surface area contributed by atoms with E-state index in [4.69, 9.17) is 4.74 Å². The van der Waals surface area contributed by atoms with Gasteiger partial charge in [0.2, 0.25) is 0 Å². The molecule has 29 heavy (non-hydrogen) atoms. The summed E-state index contributed by atoms with van der Waals surface area (Å²) in [5.41, 5.74) is 3.17. The van der Waals surface area contributed by atoms with E-state index in [1.165, 1.54) is 12.1 Å². The highest BCUT2D eigenvalue weighted by Gasteiger charge is 2.17. The van der Waals surface area contributed by atoms with Gasteiger partial charge >= 0.3 is 6.03 Å².